The maximum Gasteiger partial charge on any atom is 0.326 e. The maximum absolute atomic E-state index is 12.6. The summed E-state index contributed by atoms with van der Waals surface area (Å²) in [4.78, 5) is 37.5. The van der Waals surface area contributed by atoms with Crippen LogP contribution in [0.3, 0.4) is 0 Å². The van der Waals surface area contributed by atoms with E-state index in [1.54, 1.807) is 43.3 Å². The lowest BCUT2D eigenvalue weighted by Gasteiger charge is -2.14. The fraction of sp³-hybridized carbons (Fsp3) is 0.227. The topological polar surface area (TPSA) is 82.1 Å². The zero-order valence-corrected chi connectivity index (χ0v) is 21.4. The molecule has 7 nitrogen and oxygen atoms in total. The number of halogens is 3. The van der Waals surface area contributed by atoms with E-state index in [4.69, 9.17) is 37.4 Å². The van der Waals surface area contributed by atoms with Crippen molar-refractivity contribution in [2.45, 2.75) is 13.5 Å². The lowest BCUT2D eigenvalue weighted by atomic mass is 10.1. The van der Waals surface area contributed by atoms with Gasteiger partial charge in [0, 0.05) is 0 Å². The van der Waals surface area contributed by atoms with E-state index in [9.17, 15) is 14.4 Å². The third-order valence-electron chi connectivity index (χ3n) is 4.38. The van der Waals surface area contributed by atoms with Gasteiger partial charge in [0.15, 0.2) is 11.5 Å². The van der Waals surface area contributed by atoms with Gasteiger partial charge in [-0.1, -0.05) is 29.3 Å². The molecule has 0 unspecified atom stereocenters. The van der Waals surface area contributed by atoms with Crippen LogP contribution in [-0.2, 0) is 20.9 Å². The molecule has 0 spiro atoms. The van der Waals surface area contributed by atoms with E-state index in [1.165, 1.54) is 7.11 Å². The summed E-state index contributed by atoms with van der Waals surface area (Å²) in [5.74, 6) is -0.334. The Kier molecular flexibility index (Phi) is 8.69. The summed E-state index contributed by atoms with van der Waals surface area (Å²) < 4.78 is 16.8. The van der Waals surface area contributed by atoms with Crippen molar-refractivity contribution in [2.24, 2.45) is 0 Å². The SMILES string of the molecule is CCOC(=O)CN1C(=O)S/C(=C/c2cc(Br)c(OCc3ccc(Cl)c(Cl)c3)c(OC)c2)C1=O. The van der Waals surface area contributed by atoms with Crippen LogP contribution < -0.4 is 9.47 Å². The molecule has 0 aliphatic carbocycles. The predicted octanol–water partition coefficient (Wildman–Crippen LogP) is 5.94. The summed E-state index contributed by atoms with van der Waals surface area (Å²) in [7, 11) is 1.49. The van der Waals surface area contributed by atoms with Gasteiger partial charge in [-0.15, -0.1) is 0 Å². The summed E-state index contributed by atoms with van der Waals surface area (Å²) in [5, 5.41) is 0.346. The summed E-state index contributed by atoms with van der Waals surface area (Å²) in [6.07, 6.45) is 1.55. The smallest absolute Gasteiger partial charge is 0.326 e. The van der Waals surface area contributed by atoms with Crippen molar-refractivity contribution in [1.29, 1.82) is 0 Å². The van der Waals surface area contributed by atoms with Crippen LogP contribution in [0.25, 0.3) is 6.08 Å². The predicted molar refractivity (Wildman–Crippen MR) is 131 cm³/mol. The summed E-state index contributed by atoms with van der Waals surface area (Å²) in [6.45, 7) is 1.61. The monoisotopic (exact) mass is 573 g/mol. The highest BCUT2D eigenvalue weighted by Gasteiger charge is 2.36. The number of amides is 2. The van der Waals surface area contributed by atoms with E-state index in [-0.39, 0.29) is 18.1 Å². The molecule has 0 radical (unpaired) electrons. The first kappa shape index (κ1) is 25.4. The molecule has 174 valence electrons. The molecule has 11 heteroatoms. The second-order valence-corrected chi connectivity index (χ2v) is 9.31. The molecule has 0 aromatic heterocycles. The molecule has 1 aliphatic rings. The lowest BCUT2D eigenvalue weighted by molar-refractivity contribution is -0.145. The van der Waals surface area contributed by atoms with E-state index >= 15 is 0 Å². The lowest BCUT2D eigenvalue weighted by Crippen LogP contribution is -2.34. The Hall–Kier alpha value is -2.20. The number of ether oxygens (including phenoxy) is 3. The third-order valence-corrected chi connectivity index (χ3v) is 6.62. The number of hydrogen-bond donors (Lipinski definition) is 0. The molecule has 0 saturated carbocycles. The van der Waals surface area contributed by atoms with Gasteiger partial charge < -0.3 is 14.2 Å². The molecule has 0 atom stereocenters. The van der Waals surface area contributed by atoms with Crippen LogP contribution in [-0.4, -0.2) is 42.3 Å². The van der Waals surface area contributed by atoms with E-state index in [0.29, 0.717) is 31.6 Å². The van der Waals surface area contributed by atoms with Crippen molar-refractivity contribution in [3.05, 3.63) is 60.9 Å². The third kappa shape index (κ3) is 6.23. The van der Waals surface area contributed by atoms with Crippen molar-refractivity contribution >= 4 is 74.1 Å². The Balaban J connectivity index is 1.79. The van der Waals surface area contributed by atoms with Gasteiger partial charge in [0.2, 0.25) is 0 Å². The highest BCUT2D eigenvalue weighted by Crippen LogP contribution is 2.39. The fourth-order valence-electron chi connectivity index (χ4n) is 2.87. The Bertz CT molecular complexity index is 1140. The van der Waals surface area contributed by atoms with Crippen molar-refractivity contribution < 1.29 is 28.6 Å². The fourth-order valence-corrected chi connectivity index (χ4v) is 4.60. The van der Waals surface area contributed by atoms with Crippen LogP contribution in [0.4, 0.5) is 4.79 Å². The first-order valence-electron chi connectivity index (χ1n) is 9.58. The second kappa shape index (κ2) is 11.3. The summed E-state index contributed by atoms with van der Waals surface area (Å²) in [5.41, 5.74) is 1.42. The van der Waals surface area contributed by atoms with Gasteiger partial charge in [-0.3, -0.25) is 19.3 Å². The minimum absolute atomic E-state index is 0.165. The average Bonchev–Trinajstić information content (AvgIpc) is 3.02. The number of carbonyl (C=O) groups is 3. The Labute approximate surface area is 213 Å². The molecule has 2 amide bonds. The number of thioether (sulfide) groups is 1. The Morgan fingerprint density at radius 2 is 1.94 bits per heavy atom. The average molecular weight is 575 g/mol. The number of hydrogen-bond acceptors (Lipinski definition) is 7. The zero-order valence-electron chi connectivity index (χ0n) is 17.5. The van der Waals surface area contributed by atoms with E-state index in [1.807, 2.05) is 0 Å². The Morgan fingerprint density at radius 3 is 2.61 bits per heavy atom. The molecule has 1 aliphatic heterocycles. The van der Waals surface area contributed by atoms with Crippen LogP contribution in [0, 0.1) is 0 Å². The number of nitrogens with zero attached hydrogens (tertiary/aromatic N) is 1. The molecule has 33 heavy (non-hydrogen) atoms. The molecule has 1 fully saturated rings. The summed E-state index contributed by atoms with van der Waals surface area (Å²) in [6, 6.07) is 8.60. The van der Waals surface area contributed by atoms with Gasteiger partial charge in [0.25, 0.3) is 11.1 Å². The molecule has 1 saturated heterocycles. The normalized spacial score (nSPS) is 14.7. The van der Waals surface area contributed by atoms with E-state index in [2.05, 4.69) is 15.9 Å². The number of benzene rings is 2. The summed E-state index contributed by atoms with van der Waals surface area (Å²) >= 11 is 16.2. The van der Waals surface area contributed by atoms with Crippen LogP contribution in [0.5, 0.6) is 11.5 Å². The second-order valence-electron chi connectivity index (χ2n) is 6.64. The minimum atomic E-state index is -0.644. The van der Waals surface area contributed by atoms with Crippen LogP contribution >= 0.6 is 50.9 Å². The standard InChI is InChI=1S/C22H18BrCl2NO6S/c1-3-31-19(27)10-26-21(28)18(33-22(26)29)9-13-6-14(23)20(17(8-13)30-2)32-11-12-4-5-15(24)16(25)7-12/h4-9H,3,10-11H2,1-2H3/b18-9+. The van der Waals surface area contributed by atoms with Crippen LogP contribution in [0.15, 0.2) is 39.7 Å². The number of carbonyl (C=O) groups excluding carboxylic acids is 3. The molecule has 1 heterocycles. The number of rotatable bonds is 8. The van der Waals surface area contributed by atoms with E-state index in [0.717, 1.165) is 22.2 Å². The van der Waals surface area contributed by atoms with Crippen molar-refractivity contribution in [3.8, 4) is 11.5 Å². The quantitative estimate of drug-likeness (QED) is 0.285. The van der Waals surface area contributed by atoms with Crippen molar-refractivity contribution in [1.82, 2.24) is 4.90 Å². The zero-order chi connectivity index (χ0) is 24.1. The molecule has 0 N–H and O–H groups in total. The number of imide groups is 1. The van der Waals surface area contributed by atoms with Crippen molar-refractivity contribution in [2.75, 3.05) is 20.3 Å². The van der Waals surface area contributed by atoms with Crippen molar-refractivity contribution in [3.63, 3.8) is 0 Å². The molecule has 2 aromatic carbocycles. The van der Waals surface area contributed by atoms with Gasteiger partial charge in [-0.25, -0.2) is 0 Å². The number of esters is 1. The van der Waals surface area contributed by atoms with Gasteiger partial charge in [-0.2, -0.15) is 0 Å². The highest BCUT2D eigenvalue weighted by molar-refractivity contribution is 9.10. The van der Waals surface area contributed by atoms with Gasteiger partial charge >= 0.3 is 5.97 Å². The van der Waals surface area contributed by atoms with Gasteiger partial charge in [0.1, 0.15) is 13.2 Å². The van der Waals surface area contributed by atoms with E-state index < -0.39 is 23.7 Å². The molecule has 3 rings (SSSR count). The largest absolute Gasteiger partial charge is 0.493 e. The van der Waals surface area contributed by atoms with Gasteiger partial charge in [-0.05, 0) is 76.1 Å². The molecule has 2 aromatic rings. The van der Waals surface area contributed by atoms with Crippen LogP contribution in [0.2, 0.25) is 10.0 Å². The Morgan fingerprint density at radius 1 is 1.18 bits per heavy atom. The minimum Gasteiger partial charge on any atom is -0.493 e. The first-order chi connectivity index (χ1) is 15.7. The van der Waals surface area contributed by atoms with Gasteiger partial charge in [0.05, 0.1) is 33.1 Å². The van der Waals surface area contributed by atoms with Crippen LogP contribution in [0.1, 0.15) is 18.1 Å². The number of methoxy groups -OCH3 is 1. The molecule has 0 bridgehead atoms. The molecular formula is C22H18BrCl2NO6S. The first-order valence-corrected chi connectivity index (χ1v) is 11.9. The maximum atomic E-state index is 12.6. The highest BCUT2D eigenvalue weighted by atomic mass is 79.9. The molecular weight excluding hydrogens is 557 g/mol.